The Morgan fingerprint density at radius 3 is 1.96 bits per heavy atom. The zero-order valence-corrected chi connectivity index (χ0v) is 13.5. The number of halogens is 3. The van der Waals surface area contributed by atoms with Gasteiger partial charge in [-0.15, -0.1) is 13.2 Å². The normalized spacial score (nSPS) is 13.2. The van der Waals surface area contributed by atoms with Crippen LogP contribution in [0, 0.1) is 0 Å². The standard InChI is InChI=1S/C11H13F3N2O2.C4H9NO/c1-6(9(15)10(16)17)7-2-4-8(5-3-7)18-11(12,13)14;1-2-3-4(5)6/h2-6,9H,15H2,1H3,(H2,16,17);2-3H2,1H3,(H2,5,6). The first-order valence-electron chi connectivity index (χ1n) is 7.16. The van der Waals surface area contributed by atoms with Crippen LogP contribution in [-0.4, -0.2) is 24.2 Å². The van der Waals surface area contributed by atoms with Gasteiger partial charge in [-0.1, -0.05) is 26.0 Å². The van der Waals surface area contributed by atoms with Crippen LogP contribution >= 0.6 is 0 Å². The Labute approximate surface area is 138 Å². The van der Waals surface area contributed by atoms with Gasteiger partial charge in [-0.3, -0.25) is 9.59 Å². The van der Waals surface area contributed by atoms with Crippen molar-refractivity contribution < 1.29 is 27.5 Å². The molecule has 0 aliphatic heterocycles. The second kappa shape index (κ2) is 9.76. The SMILES string of the molecule is CC(c1ccc(OC(F)(F)F)cc1)C(N)C(N)=O.CCCC(N)=O. The number of rotatable bonds is 6. The largest absolute Gasteiger partial charge is 0.573 e. The van der Waals surface area contributed by atoms with E-state index in [0.717, 1.165) is 18.6 Å². The first-order chi connectivity index (χ1) is 11.0. The lowest BCUT2D eigenvalue weighted by Gasteiger charge is -2.17. The van der Waals surface area contributed by atoms with Crippen LogP contribution in [0.3, 0.4) is 0 Å². The number of hydrogen-bond donors (Lipinski definition) is 3. The molecule has 0 aliphatic carbocycles. The number of benzene rings is 1. The maximum Gasteiger partial charge on any atom is 0.573 e. The predicted octanol–water partition coefficient (Wildman–Crippen LogP) is 1.77. The third-order valence-electron chi connectivity index (χ3n) is 3.00. The molecule has 0 aromatic heterocycles. The van der Waals surface area contributed by atoms with Crippen molar-refractivity contribution in [2.75, 3.05) is 0 Å². The molecular formula is C15H22F3N3O3. The first-order valence-corrected chi connectivity index (χ1v) is 7.16. The van der Waals surface area contributed by atoms with Crippen molar-refractivity contribution in [3.8, 4) is 5.75 Å². The lowest BCUT2D eigenvalue weighted by molar-refractivity contribution is -0.274. The van der Waals surface area contributed by atoms with E-state index >= 15 is 0 Å². The van der Waals surface area contributed by atoms with Crippen LogP contribution in [0.25, 0.3) is 0 Å². The molecule has 136 valence electrons. The third-order valence-corrected chi connectivity index (χ3v) is 3.00. The van der Waals surface area contributed by atoms with Gasteiger partial charge in [0, 0.05) is 12.3 Å². The number of primary amides is 2. The number of nitrogens with two attached hydrogens (primary N) is 3. The smallest absolute Gasteiger partial charge is 0.406 e. The maximum absolute atomic E-state index is 11.9. The average Bonchev–Trinajstić information content (AvgIpc) is 2.45. The highest BCUT2D eigenvalue weighted by molar-refractivity contribution is 5.80. The van der Waals surface area contributed by atoms with Gasteiger partial charge in [0.05, 0.1) is 6.04 Å². The quantitative estimate of drug-likeness (QED) is 0.724. The second-order valence-electron chi connectivity index (χ2n) is 5.05. The summed E-state index contributed by atoms with van der Waals surface area (Å²) in [4.78, 5) is 20.7. The summed E-state index contributed by atoms with van der Waals surface area (Å²) in [5, 5.41) is 0. The van der Waals surface area contributed by atoms with Gasteiger partial charge in [0.25, 0.3) is 0 Å². The van der Waals surface area contributed by atoms with E-state index in [1.807, 2.05) is 6.92 Å². The van der Waals surface area contributed by atoms with Gasteiger partial charge >= 0.3 is 6.36 Å². The summed E-state index contributed by atoms with van der Waals surface area (Å²) in [6.45, 7) is 3.58. The van der Waals surface area contributed by atoms with Crippen LogP contribution in [0.4, 0.5) is 13.2 Å². The molecule has 0 radical (unpaired) electrons. The molecule has 0 spiro atoms. The van der Waals surface area contributed by atoms with Crippen molar-refractivity contribution in [2.45, 2.75) is 45.0 Å². The van der Waals surface area contributed by atoms with Crippen LogP contribution in [0.15, 0.2) is 24.3 Å². The summed E-state index contributed by atoms with van der Waals surface area (Å²) in [5.41, 5.74) is 16.0. The molecule has 0 bridgehead atoms. The zero-order valence-electron chi connectivity index (χ0n) is 13.5. The number of ether oxygens (including phenoxy) is 1. The van der Waals surface area contributed by atoms with E-state index in [4.69, 9.17) is 17.2 Å². The van der Waals surface area contributed by atoms with Gasteiger partial charge in [0.2, 0.25) is 11.8 Å². The monoisotopic (exact) mass is 349 g/mol. The van der Waals surface area contributed by atoms with Crippen molar-refractivity contribution in [1.29, 1.82) is 0 Å². The Hall–Kier alpha value is -2.29. The Balaban J connectivity index is 0.000000754. The Morgan fingerprint density at radius 2 is 1.67 bits per heavy atom. The molecule has 0 fully saturated rings. The molecule has 6 nitrogen and oxygen atoms in total. The second-order valence-corrected chi connectivity index (χ2v) is 5.05. The minimum Gasteiger partial charge on any atom is -0.406 e. The van der Waals surface area contributed by atoms with Crippen molar-refractivity contribution in [3.05, 3.63) is 29.8 Å². The molecule has 1 rings (SSSR count). The Morgan fingerprint density at radius 1 is 1.17 bits per heavy atom. The molecule has 1 aromatic carbocycles. The van der Waals surface area contributed by atoms with Gasteiger partial charge in [-0.25, -0.2) is 0 Å². The third kappa shape index (κ3) is 8.99. The fourth-order valence-electron chi connectivity index (χ4n) is 1.67. The highest BCUT2D eigenvalue weighted by Crippen LogP contribution is 2.25. The number of alkyl halides is 3. The molecule has 2 unspecified atom stereocenters. The van der Waals surface area contributed by atoms with Crippen molar-refractivity contribution >= 4 is 11.8 Å². The first kappa shape index (κ1) is 21.7. The minimum atomic E-state index is -4.73. The van der Waals surface area contributed by atoms with Crippen LogP contribution in [-0.2, 0) is 9.59 Å². The van der Waals surface area contributed by atoms with Gasteiger partial charge in [-0.05, 0) is 24.1 Å². The molecule has 0 saturated heterocycles. The van der Waals surface area contributed by atoms with Crippen molar-refractivity contribution in [2.24, 2.45) is 17.2 Å². The fraction of sp³-hybridized carbons (Fsp3) is 0.467. The molecule has 0 aliphatic rings. The number of amides is 2. The minimum absolute atomic E-state index is 0.211. The molecule has 0 heterocycles. The molecule has 24 heavy (non-hydrogen) atoms. The lowest BCUT2D eigenvalue weighted by Crippen LogP contribution is -2.40. The maximum atomic E-state index is 11.9. The molecular weight excluding hydrogens is 327 g/mol. The van der Waals surface area contributed by atoms with E-state index in [0.29, 0.717) is 12.0 Å². The summed E-state index contributed by atoms with van der Waals surface area (Å²) < 4.78 is 39.5. The highest BCUT2D eigenvalue weighted by atomic mass is 19.4. The summed E-state index contributed by atoms with van der Waals surface area (Å²) in [6.07, 6.45) is -3.36. The van der Waals surface area contributed by atoms with Crippen molar-refractivity contribution in [1.82, 2.24) is 0 Å². The topological polar surface area (TPSA) is 121 Å². The molecule has 6 N–H and O–H groups in total. The fourth-order valence-corrected chi connectivity index (χ4v) is 1.67. The van der Waals surface area contributed by atoms with Gasteiger partial charge in [0.15, 0.2) is 0 Å². The summed E-state index contributed by atoms with van der Waals surface area (Å²) in [7, 11) is 0. The Bertz CT molecular complexity index is 533. The van der Waals surface area contributed by atoms with E-state index in [9.17, 15) is 22.8 Å². The summed E-state index contributed by atoms with van der Waals surface area (Å²) in [6, 6.07) is 4.25. The lowest BCUT2D eigenvalue weighted by atomic mass is 9.93. The van der Waals surface area contributed by atoms with Gasteiger partial charge < -0.3 is 21.9 Å². The van der Waals surface area contributed by atoms with Crippen molar-refractivity contribution in [3.63, 3.8) is 0 Å². The van der Waals surface area contributed by atoms with E-state index in [-0.39, 0.29) is 17.6 Å². The highest BCUT2D eigenvalue weighted by Gasteiger charge is 2.31. The molecule has 9 heteroatoms. The number of carbonyl (C=O) groups excluding carboxylic acids is 2. The Kier molecular flexibility index (Phi) is 8.83. The summed E-state index contributed by atoms with van der Waals surface area (Å²) >= 11 is 0. The van der Waals surface area contributed by atoms with E-state index in [2.05, 4.69) is 4.74 Å². The molecule has 2 atom stereocenters. The number of carbonyl (C=O) groups is 2. The van der Waals surface area contributed by atoms with Crippen LogP contribution in [0.5, 0.6) is 5.75 Å². The zero-order chi connectivity index (χ0) is 18.9. The van der Waals surface area contributed by atoms with Gasteiger partial charge in [-0.2, -0.15) is 0 Å². The van der Waals surface area contributed by atoms with E-state index in [1.165, 1.54) is 12.1 Å². The van der Waals surface area contributed by atoms with E-state index in [1.54, 1.807) is 6.92 Å². The van der Waals surface area contributed by atoms with Crippen LogP contribution in [0.2, 0.25) is 0 Å². The average molecular weight is 349 g/mol. The molecule has 2 amide bonds. The van der Waals surface area contributed by atoms with Crippen LogP contribution in [0.1, 0.15) is 38.2 Å². The predicted molar refractivity (Wildman–Crippen MR) is 82.8 cm³/mol. The molecule has 1 aromatic rings. The van der Waals surface area contributed by atoms with E-state index < -0.39 is 18.3 Å². The molecule has 0 saturated carbocycles. The van der Waals surface area contributed by atoms with Crippen LogP contribution < -0.4 is 21.9 Å². The summed E-state index contributed by atoms with van der Waals surface area (Å²) in [5.74, 6) is -1.59. The number of hydrogen-bond acceptors (Lipinski definition) is 4. The van der Waals surface area contributed by atoms with Gasteiger partial charge in [0.1, 0.15) is 5.75 Å².